The molecule has 0 bridgehead atoms. The Kier molecular flexibility index (Phi) is 4.34. The third kappa shape index (κ3) is 2.72. The summed E-state index contributed by atoms with van der Waals surface area (Å²) in [6, 6.07) is 18.7. The number of fused-ring (bicyclic) bond motifs is 2. The fourth-order valence-electron chi connectivity index (χ4n) is 4.25. The first kappa shape index (κ1) is 18.8. The molecule has 1 aliphatic carbocycles. The molecule has 2 aliphatic rings. The predicted octanol–water partition coefficient (Wildman–Crippen LogP) is 3.43. The molecule has 4 atom stereocenters. The number of carbonyl (C=O) groups is 2. The lowest BCUT2D eigenvalue weighted by atomic mass is 9.53. The molecule has 0 radical (unpaired) electrons. The summed E-state index contributed by atoms with van der Waals surface area (Å²) in [5.41, 5.74) is -1.29. The van der Waals surface area contributed by atoms with Gasteiger partial charge in [0.05, 0.1) is 0 Å². The lowest BCUT2D eigenvalue weighted by Gasteiger charge is -2.56. The predicted molar refractivity (Wildman–Crippen MR) is 108 cm³/mol. The van der Waals surface area contributed by atoms with E-state index in [-0.39, 0.29) is 11.4 Å². The number of nitrogens with zero attached hydrogens (tertiary/aromatic N) is 1. The van der Waals surface area contributed by atoms with E-state index in [1.807, 2.05) is 30.3 Å². The summed E-state index contributed by atoms with van der Waals surface area (Å²) < 4.78 is 11.4. The molecule has 6 nitrogen and oxygen atoms in total. The number of carbonyl (C=O) groups excluding carboxylic acids is 2. The molecular weight excluding hydrogens is 406 g/mol. The van der Waals surface area contributed by atoms with Gasteiger partial charge in [0.1, 0.15) is 23.5 Å². The molecule has 7 heteroatoms. The third-order valence-electron chi connectivity index (χ3n) is 5.67. The van der Waals surface area contributed by atoms with E-state index >= 15 is 0 Å². The van der Waals surface area contributed by atoms with Gasteiger partial charge in [-0.1, -0.05) is 41.9 Å². The van der Waals surface area contributed by atoms with Crippen molar-refractivity contribution in [2.75, 3.05) is 0 Å². The summed E-state index contributed by atoms with van der Waals surface area (Å²) in [7, 11) is 0. The molecular formula is C23H16ClNO5. The van der Waals surface area contributed by atoms with Gasteiger partial charge in [0.15, 0.2) is 11.3 Å². The van der Waals surface area contributed by atoms with Gasteiger partial charge in [-0.3, -0.25) is 9.59 Å². The Balaban J connectivity index is 1.55. The van der Waals surface area contributed by atoms with Crippen molar-refractivity contribution in [1.29, 1.82) is 0 Å². The quantitative estimate of drug-likeness (QED) is 0.515. The second-order valence-electron chi connectivity index (χ2n) is 7.33. The van der Waals surface area contributed by atoms with Crippen molar-refractivity contribution in [2.24, 2.45) is 5.92 Å². The Hall–Kier alpha value is -3.22. The number of aromatic nitrogens is 1. The van der Waals surface area contributed by atoms with Crippen LogP contribution in [-0.2, 0) is 4.79 Å². The molecule has 2 heterocycles. The van der Waals surface area contributed by atoms with Crippen LogP contribution in [-0.4, -0.2) is 33.5 Å². The highest BCUT2D eigenvalue weighted by atomic mass is 35.5. The number of halogens is 1. The Bertz CT molecular complexity index is 1130. The monoisotopic (exact) mass is 421 g/mol. The zero-order valence-electron chi connectivity index (χ0n) is 15.6. The van der Waals surface area contributed by atoms with E-state index in [0.29, 0.717) is 10.8 Å². The van der Waals surface area contributed by atoms with Crippen molar-refractivity contribution in [3.63, 3.8) is 0 Å². The van der Waals surface area contributed by atoms with E-state index in [1.165, 1.54) is 6.20 Å². The van der Waals surface area contributed by atoms with Crippen molar-refractivity contribution < 1.29 is 24.2 Å². The molecule has 1 aromatic heterocycles. The molecule has 30 heavy (non-hydrogen) atoms. The second-order valence-corrected chi connectivity index (χ2v) is 7.77. The van der Waals surface area contributed by atoms with Crippen LogP contribution in [0.15, 0.2) is 72.9 Å². The molecule has 1 N–H and O–H groups in total. The zero-order valence-corrected chi connectivity index (χ0v) is 16.3. The molecule has 1 saturated carbocycles. The SMILES string of the molecule is O=C(Oc1ccc(Cl)cc1)C1C(c2ccccc2)C2Oc3cccnc3C(=O)C21O. The van der Waals surface area contributed by atoms with Crippen LogP contribution in [0.25, 0.3) is 0 Å². The van der Waals surface area contributed by atoms with Gasteiger partial charge >= 0.3 is 5.97 Å². The minimum Gasteiger partial charge on any atom is -0.484 e. The van der Waals surface area contributed by atoms with Crippen LogP contribution >= 0.6 is 11.6 Å². The minimum atomic E-state index is -2.06. The normalized spacial score (nSPS) is 26.6. The van der Waals surface area contributed by atoms with Crippen molar-refractivity contribution in [2.45, 2.75) is 17.6 Å². The summed E-state index contributed by atoms with van der Waals surface area (Å²) in [5, 5.41) is 11.9. The van der Waals surface area contributed by atoms with Gasteiger partial charge < -0.3 is 14.6 Å². The molecule has 0 saturated heterocycles. The first-order chi connectivity index (χ1) is 14.5. The van der Waals surface area contributed by atoms with E-state index in [9.17, 15) is 14.7 Å². The highest BCUT2D eigenvalue weighted by molar-refractivity contribution is 6.30. The molecule has 0 spiro atoms. The smallest absolute Gasteiger partial charge is 0.318 e. The maximum absolute atomic E-state index is 13.2. The molecule has 3 aromatic rings. The van der Waals surface area contributed by atoms with Gasteiger partial charge in [-0.05, 0) is 42.0 Å². The maximum atomic E-state index is 13.2. The molecule has 5 rings (SSSR count). The standard InChI is InChI=1S/C23H16ClNO5/c24-14-8-10-15(11-9-14)29-22(27)18-17(13-5-2-1-3-6-13)21-23(18,28)20(26)19-16(30-21)7-4-12-25-19/h1-12,17-18,21,28H. The van der Waals surface area contributed by atoms with Crippen LogP contribution in [0.5, 0.6) is 11.5 Å². The first-order valence-corrected chi connectivity index (χ1v) is 9.79. The molecule has 1 fully saturated rings. The average Bonchev–Trinajstić information content (AvgIpc) is 2.76. The average molecular weight is 422 g/mol. The first-order valence-electron chi connectivity index (χ1n) is 9.41. The Labute approximate surface area is 177 Å². The number of pyridine rings is 1. The van der Waals surface area contributed by atoms with Gasteiger partial charge in [0, 0.05) is 17.1 Å². The Morgan fingerprint density at radius 3 is 2.53 bits per heavy atom. The maximum Gasteiger partial charge on any atom is 0.318 e. The number of Topliss-reactive ketones (excluding diaryl/α,β-unsaturated/α-hetero) is 1. The van der Waals surface area contributed by atoms with E-state index in [4.69, 9.17) is 21.1 Å². The number of hydrogen-bond donors (Lipinski definition) is 1. The molecule has 150 valence electrons. The number of aliphatic hydroxyl groups is 1. The topological polar surface area (TPSA) is 85.7 Å². The number of esters is 1. The highest BCUT2D eigenvalue weighted by Gasteiger charge is 2.73. The van der Waals surface area contributed by atoms with Gasteiger partial charge in [0.2, 0.25) is 5.78 Å². The van der Waals surface area contributed by atoms with E-state index in [0.717, 1.165) is 5.56 Å². The fourth-order valence-corrected chi connectivity index (χ4v) is 4.37. The number of benzene rings is 2. The fraction of sp³-hybridized carbons (Fsp3) is 0.174. The number of rotatable bonds is 3. The van der Waals surface area contributed by atoms with E-state index in [2.05, 4.69) is 4.98 Å². The highest BCUT2D eigenvalue weighted by Crippen LogP contribution is 2.56. The van der Waals surface area contributed by atoms with Gasteiger partial charge in [0.25, 0.3) is 0 Å². The minimum absolute atomic E-state index is 0.00653. The molecule has 4 unspecified atom stereocenters. The van der Waals surface area contributed by atoms with E-state index < -0.39 is 35.3 Å². The molecule has 0 amide bonds. The summed E-state index contributed by atoms with van der Waals surface area (Å²) in [4.78, 5) is 30.4. The summed E-state index contributed by atoms with van der Waals surface area (Å²) in [5.74, 6) is -2.51. The van der Waals surface area contributed by atoms with Crippen LogP contribution < -0.4 is 9.47 Å². The van der Waals surface area contributed by atoms with Crippen LogP contribution in [0, 0.1) is 5.92 Å². The molecule has 1 aliphatic heterocycles. The Morgan fingerprint density at radius 2 is 1.80 bits per heavy atom. The number of ketones is 1. The summed E-state index contributed by atoms with van der Waals surface area (Å²) in [6.45, 7) is 0. The second kappa shape index (κ2) is 6.93. The summed E-state index contributed by atoms with van der Waals surface area (Å²) >= 11 is 5.88. The van der Waals surface area contributed by atoms with Crippen LogP contribution in [0.3, 0.4) is 0 Å². The zero-order chi connectivity index (χ0) is 20.9. The number of hydrogen-bond acceptors (Lipinski definition) is 6. The molecule has 2 aromatic carbocycles. The van der Waals surface area contributed by atoms with Crippen molar-refractivity contribution >= 4 is 23.4 Å². The van der Waals surface area contributed by atoms with Crippen molar-refractivity contribution in [3.05, 3.63) is 89.2 Å². The van der Waals surface area contributed by atoms with E-state index in [1.54, 1.807) is 36.4 Å². The van der Waals surface area contributed by atoms with Crippen molar-refractivity contribution in [1.82, 2.24) is 4.98 Å². The Morgan fingerprint density at radius 1 is 1.07 bits per heavy atom. The van der Waals surface area contributed by atoms with Crippen molar-refractivity contribution in [3.8, 4) is 11.5 Å². The van der Waals surface area contributed by atoms with Crippen LogP contribution in [0.4, 0.5) is 0 Å². The lowest BCUT2D eigenvalue weighted by Crippen LogP contribution is -2.75. The van der Waals surface area contributed by atoms with Crippen LogP contribution in [0.1, 0.15) is 22.0 Å². The van der Waals surface area contributed by atoms with Gasteiger partial charge in [-0.2, -0.15) is 0 Å². The number of ether oxygens (including phenoxy) is 2. The summed E-state index contributed by atoms with van der Waals surface area (Å²) in [6.07, 6.45) is 0.518. The van der Waals surface area contributed by atoms with Gasteiger partial charge in [-0.15, -0.1) is 0 Å². The third-order valence-corrected chi connectivity index (χ3v) is 5.92. The largest absolute Gasteiger partial charge is 0.484 e. The lowest BCUT2D eigenvalue weighted by molar-refractivity contribution is -0.192. The van der Waals surface area contributed by atoms with Crippen LogP contribution in [0.2, 0.25) is 5.02 Å². The van der Waals surface area contributed by atoms with Gasteiger partial charge in [-0.25, -0.2) is 4.98 Å².